The molecule has 0 aliphatic rings. The Morgan fingerprint density at radius 1 is 0.833 bits per heavy atom. The van der Waals surface area contributed by atoms with Crippen LogP contribution >= 0.6 is 0 Å². The molecule has 0 radical (unpaired) electrons. The van der Waals surface area contributed by atoms with Crippen LogP contribution in [-0.4, -0.2) is 18.6 Å². The van der Waals surface area contributed by atoms with E-state index in [9.17, 15) is 12.8 Å². The molecule has 8 heteroatoms. The molecule has 0 aliphatic carbocycles. The number of rotatable bonds is 5. The summed E-state index contributed by atoms with van der Waals surface area (Å²) in [6, 6.07) is 16.8. The molecular formula is C16H13FN4O2S. The van der Waals surface area contributed by atoms with Crippen molar-refractivity contribution in [3.05, 3.63) is 72.5 Å². The van der Waals surface area contributed by atoms with E-state index < -0.39 is 10.0 Å². The normalized spacial score (nSPS) is 11.0. The van der Waals surface area contributed by atoms with Gasteiger partial charge in [0.05, 0.1) is 4.90 Å². The van der Waals surface area contributed by atoms with Crippen LogP contribution in [0.2, 0.25) is 0 Å². The molecule has 0 saturated carbocycles. The molecule has 1 heterocycles. The topological polar surface area (TPSA) is 84.0 Å². The average molecular weight is 344 g/mol. The van der Waals surface area contributed by atoms with Gasteiger partial charge >= 0.3 is 0 Å². The van der Waals surface area contributed by atoms with Crippen molar-refractivity contribution in [2.45, 2.75) is 4.90 Å². The van der Waals surface area contributed by atoms with Gasteiger partial charge in [-0.05, 0) is 42.5 Å². The Morgan fingerprint density at radius 2 is 1.54 bits per heavy atom. The lowest BCUT2D eigenvalue weighted by atomic mass is 10.3. The molecule has 0 atom stereocenters. The van der Waals surface area contributed by atoms with Crippen molar-refractivity contribution in [2.75, 3.05) is 10.0 Å². The molecule has 122 valence electrons. The molecule has 2 N–H and O–H groups in total. The number of sulfonamides is 1. The summed E-state index contributed by atoms with van der Waals surface area (Å²) < 4.78 is 39.8. The fourth-order valence-corrected chi connectivity index (χ4v) is 2.98. The van der Waals surface area contributed by atoms with Crippen molar-refractivity contribution < 1.29 is 12.8 Å². The number of nitrogens with one attached hydrogen (secondary N) is 2. The number of hydrogen-bond donors (Lipinski definition) is 2. The second-order valence-electron chi connectivity index (χ2n) is 4.86. The summed E-state index contributed by atoms with van der Waals surface area (Å²) in [6.07, 6.45) is 0. The maximum Gasteiger partial charge on any atom is 0.263 e. The zero-order valence-electron chi connectivity index (χ0n) is 12.3. The van der Waals surface area contributed by atoms with Crippen LogP contribution in [0.1, 0.15) is 0 Å². The first kappa shape index (κ1) is 15.9. The van der Waals surface area contributed by atoms with Crippen LogP contribution in [-0.2, 0) is 10.0 Å². The number of benzene rings is 2. The second kappa shape index (κ2) is 6.63. The lowest BCUT2D eigenvalue weighted by Gasteiger charge is -2.08. The molecule has 0 aliphatic heterocycles. The highest BCUT2D eigenvalue weighted by Gasteiger charge is 2.14. The van der Waals surface area contributed by atoms with Crippen LogP contribution in [0.25, 0.3) is 0 Å². The van der Waals surface area contributed by atoms with Gasteiger partial charge in [-0.2, -0.15) is 0 Å². The zero-order valence-corrected chi connectivity index (χ0v) is 13.2. The predicted octanol–water partition coefficient (Wildman–Crippen LogP) is 3.16. The van der Waals surface area contributed by atoms with Crippen molar-refractivity contribution >= 4 is 27.3 Å². The molecule has 24 heavy (non-hydrogen) atoms. The summed E-state index contributed by atoms with van der Waals surface area (Å²) in [5, 5.41) is 10.6. The highest BCUT2D eigenvalue weighted by Crippen LogP contribution is 2.17. The molecule has 6 nitrogen and oxygen atoms in total. The number of aromatic nitrogens is 2. The van der Waals surface area contributed by atoms with Gasteiger partial charge in [-0.3, -0.25) is 4.72 Å². The minimum absolute atomic E-state index is 0.0867. The number of nitrogens with zero attached hydrogens (tertiary/aromatic N) is 2. The van der Waals surface area contributed by atoms with E-state index in [2.05, 4.69) is 20.2 Å². The quantitative estimate of drug-likeness (QED) is 0.743. The second-order valence-corrected chi connectivity index (χ2v) is 6.54. The molecule has 3 rings (SSSR count). The van der Waals surface area contributed by atoms with E-state index in [1.165, 1.54) is 30.3 Å². The number of hydrogen-bond acceptors (Lipinski definition) is 5. The van der Waals surface area contributed by atoms with Crippen LogP contribution in [0, 0.1) is 5.82 Å². The number of anilines is 3. The third-order valence-corrected chi connectivity index (χ3v) is 4.42. The highest BCUT2D eigenvalue weighted by atomic mass is 32.2. The Labute approximate surface area is 138 Å². The van der Waals surface area contributed by atoms with Gasteiger partial charge in [-0.25, -0.2) is 12.8 Å². The van der Waals surface area contributed by atoms with E-state index in [1.54, 1.807) is 36.4 Å². The Hall–Kier alpha value is -3.00. The van der Waals surface area contributed by atoms with Crippen LogP contribution in [0.3, 0.4) is 0 Å². The van der Waals surface area contributed by atoms with Gasteiger partial charge < -0.3 is 5.32 Å². The van der Waals surface area contributed by atoms with Gasteiger partial charge in [0.2, 0.25) is 0 Å². The largest absolute Gasteiger partial charge is 0.339 e. The lowest BCUT2D eigenvalue weighted by molar-refractivity contribution is 0.601. The summed E-state index contributed by atoms with van der Waals surface area (Å²) in [4.78, 5) is 0.133. The first-order chi connectivity index (χ1) is 11.5. The first-order valence-electron chi connectivity index (χ1n) is 6.97. The molecular weight excluding hydrogens is 331 g/mol. The minimum atomic E-state index is -3.71. The monoisotopic (exact) mass is 344 g/mol. The van der Waals surface area contributed by atoms with Crippen LogP contribution < -0.4 is 10.0 Å². The molecule has 0 bridgehead atoms. The highest BCUT2D eigenvalue weighted by molar-refractivity contribution is 7.92. The van der Waals surface area contributed by atoms with Crippen molar-refractivity contribution in [1.82, 2.24) is 10.2 Å². The van der Waals surface area contributed by atoms with E-state index in [4.69, 9.17) is 0 Å². The Kier molecular flexibility index (Phi) is 4.39. The predicted molar refractivity (Wildman–Crippen MR) is 89.0 cm³/mol. The maximum absolute atomic E-state index is 13.1. The molecule has 1 aromatic heterocycles. The summed E-state index contributed by atoms with van der Waals surface area (Å²) in [6.45, 7) is 0. The van der Waals surface area contributed by atoms with E-state index in [1.807, 2.05) is 0 Å². The van der Waals surface area contributed by atoms with E-state index in [0.717, 1.165) is 0 Å². The first-order valence-corrected chi connectivity index (χ1v) is 8.45. The van der Waals surface area contributed by atoms with E-state index in [-0.39, 0.29) is 16.5 Å². The summed E-state index contributed by atoms with van der Waals surface area (Å²) in [5.41, 5.74) is 0.516. The summed E-state index contributed by atoms with van der Waals surface area (Å²) >= 11 is 0. The fraction of sp³-hybridized carbons (Fsp3) is 0. The minimum Gasteiger partial charge on any atom is -0.339 e. The molecule has 3 aromatic rings. The van der Waals surface area contributed by atoms with Crippen LogP contribution in [0.5, 0.6) is 0 Å². The maximum atomic E-state index is 13.1. The third-order valence-electron chi connectivity index (χ3n) is 3.05. The molecule has 2 aromatic carbocycles. The third kappa shape index (κ3) is 3.85. The Bertz CT molecular complexity index is 932. The van der Waals surface area contributed by atoms with Crippen molar-refractivity contribution in [1.29, 1.82) is 0 Å². The van der Waals surface area contributed by atoms with Gasteiger partial charge in [-0.15, -0.1) is 10.2 Å². The van der Waals surface area contributed by atoms with E-state index in [0.29, 0.717) is 11.5 Å². The number of halogens is 1. The Morgan fingerprint density at radius 3 is 2.21 bits per heavy atom. The van der Waals surface area contributed by atoms with Gasteiger partial charge in [0.1, 0.15) is 5.82 Å². The van der Waals surface area contributed by atoms with Gasteiger partial charge in [0.15, 0.2) is 11.6 Å². The van der Waals surface area contributed by atoms with Gasteiger partial charge in [0.25, 0.3) is 10.0 Å². The van der Waals surface area contributed by atoms with E-state index >= 15 is 0 Å². The van der Waals surface area contributed by atoms with Crippen molar-refractivity contribution in [2.24, 2.45) is 0 Å². The average Bonchev–Trinajstić information content (AvgIpc) is 2.57. The fourth-order valence-electron chi connectivity index (χ4n) is 1.96. The molecule has 0 amide bonds. The van der Waals surface area contributed by atoms with Crippen LogP contribution in [0.15, 0.2) is 71.6 Å². The van der Waals surface area contributed by atoms with Gasteiger partial charge in [-0.1, -0.05) is 24.3 Å². The standard InChI is InChI=1S/C16H13FN4O2S/c17-12-5-4-6-13(11-12)18-15-9-10-16(20-19-15)21-24(22,23)14-7-2-1-3-8-14/h1-11H,(H,18,19)(H,20,21). The summed E-state index contributed by atoms with van der Waals surface area (Å²) in [5.74, 6) is 0.0760. The van der Waals surface area contributed by atoms with Crippen molar-refractivity contribution in [3.63, 3.8) is 0 Å². The Balaban J connectivity index is 1.73. The molecule has 0 unspecified atom stereocenters. The molecule has 0 fully saturated rings. The van der Waals surface area contributed by atoms with Crippen molar-refractivity contribution in [3.8, 4) is 0 Å². The SMILES string of the molecule is O=S(=O)(Nc1ccc(Nc2cccc(F)c2)nn1)c1ccccc1. The summed E-state index contributed by atoms with van der Waals surface area (Å²) in [7, 11) is -3.71. The zero-order chi connectivity index (χ0) is 17.0. The lowest BCUT2D eigenvalue weighted by Crippen LogP contribution is -2.14. The van der Waals surface area contributed by atoms with Crippen LogP contribution in [0.4, 0.5) is 21.7 Å². The van der Waals surface area contributed by atoms with Gasteiger partial charge in [0, 0.05) is 5.69 Å². The smallest absolute Gasteiger partial charge is 0.263 e. The molecule has 0 saturated heterocycles. The molecule has 0 spiro atoms.